The highest BCUT2D eigenvalue weighted by atomic mass is 19.1. The number of nitrogens with zero attached hydrogens (tertiary/aromatic N) is 2. The van der Waals surface area contributed by atoms with Crippen molar-refractivity contribution in [1.29, 1.82) is 0 Å². The lowest BCUT2D eigenvalue weighted by atomic mass is 9.81. The Morgan fingerprint density at radius 2 is 2.15 bits per heavy atom. The highest BCUT2D eigenvalue weighted by molar-refractivity contribution is 6.16. The quantitative estimate of drug-likeness (QED) is 0.830. The Labute approximate surface area is 158 Å². The van der Waals surface area contributed by atoms with Crippen molar-refractivity contribution in [2.24, 2.45) is 4.99 Å². The van der Waals surface area contributed by atoms with Gasteiger partial charge in [0.1, 0.15) is 23.4 Å². The largest absolute Gasteiger partial charge is 0.366 e. The zero-order valence-electron chi connectivity index (χ0n) is 15.5. The normalized spacial score (nSPS) is 34.0. The summed E-state index contributed by atoms with van der Waals surface area (Å²) in [5.41, 5.74) is -0.192. The number of hydrogen-bond acceptors (Lipinski definition) is 3. The lowest BCUT2D eigenvalue weighted by Gasteiger charge is -2.45. The molecule has 3 aliphatic rings. The van der Waals surface area contributed by atoms with Crippen LogP contribution in [0.15, 0.2) is 29.3 Å². The minimum Gasteiger partial charge on any atom is -0.366 e. The molecule has 4 rings (SSSR count). The first kappa shape index (κ1) is 18.3. The molecule has 1 aromatic carbocycles. The number of carbonyl (C=O) groups excluding carboxylic acids is 1. The van der Waals surface area contributed by atoms with Gasteiger partial charge in [-0.15, -0.1) is 0 Å². The van der Waals surface area contributed by atoms with Crippen LogP contribution in [0, 0.1) is 5.82 Å². The number of carbonyl (C=O) groups is 1. The van der Waals surface area contributed by atoms with Gasteiger partial charge in [-0.3, -0.25) is 4.90 Å². The molecule has 2 fully saturated rings. The Kier molecular flexibility index (Phi) is 4.88. The molecule has 0 bridgehead atoms. The van der Waals surface area contributed by atoms with E-state index in [1.807, 2.05) is 0 Å². The second kappa shape index (κ2) is 7.19. The Bertz CT molecular complexity index is 755. The molecule has 2 N–H and O–H groups in total. The average Bonchev–Trinajstić information content (AvgIpc) is 2.87. The topological polar surface area (TPSA) is 56.7 Å². The van der Waals surface area contributed by atoms with Gasteiger partial charge in [-0.25, -0.2) is 13.6 Å². The molecule has 4 atom stereocenters. The van der Waals surface area contributed by atoms with Gasteiger partial charge in [0, 0.05) is 11.7 Å². The van der Waals surface area contributed by atoms with Crippen LogP contribution in [0.4, 0.5) is 19.3 Å². The Morgan fingerprint density at radius 3 is 2.89 bits per heavy atom. The van der Waals surface area contributed by atoms with E-state index in [1.54, 1.807) is 17.0 Å². The molecule has 2 aliphatic heterocycles. The number of piperidine rings is 1. The lowest BCUT2D eigenvalue weighted by molar-refractivity contribution is 0.201. The monoisotopic (exact) mass is 376 g/mol. The molecule has 1 unspecified atom stereocenters. The van der Waals surface area contributed by atoms with E-state index < -0.39 is 23.6 Å². The van der Waals surface area contributed by atoms with E-state index in [2.05, 4.69) is 22.5 Å². The van der Waals surface area contributed by atoms with Gasteiger partial charge in [0.05, 0.1) is 6.04 Å². The fourth-order valence-electron chi connectivity index (χ4n) is 4.73. The van der Waals surface area contributed by atoms with E-state index in [-0.39, 0.29) is 12.1 Å². The smallest absolute Gasteiger partial charge is 0.350 e. The van der Waals surface area contributed by atoms with E-state index in [0.717, 1.165) is 19.3 Å². The van der Waals surface area contributed by atoms with E-state index in [0.29, 0.717) is 37.3 Å². The van der Waals surface area contributed by atoms with Crippen molar-refractivity contribution in [3.05, 3.63) is 30.1 Å². The number of aliphatic imine (C=N–C) groups is 1. The molecule has 146 valence electrons. The first-order valence-electron chi connectivity index (χ1n) is 9.82. The van der Waals surface area contributed by atoms with E-state index in [4.69, 9.17) is 0 Å². The maximum Gasteiger partial charge on any atom is 0.350 e. The van der Waals surface area contributed by atoms with Gasteiger partial charge in [0.25, 0.3) is 0 Å². The molecule has 1 aliphatic carbocycles. The molecule has 7 heteroatoms. The van der Waals surface area contributed by atoms with Crippen molar-refractivity contribution in [1.82, 2.24) is 10.6 Å². The summed E-state index contributed by atoms with van der Waals surface area (Å²) in [5.74, 6) is 0.148. The molecule has 1 spiro atoms. The summed E-state index contributed by atoms with van der Waals surface area (Å²) in [6.07, 6.45) is 3.50. The summed E-state index contributed by atoms with van der Waals surface area (Å²) in [5, 5.41) is 6.68. The zero-order chi connectivity index (χ0) is 19.0. The lowest BCUT2D eigenvalue weighted by Crippen LogP contribution is -2.64. The maximum atomic E-state index is 14.4. The van der Waals surface area contributed by atoms with Gasteiger partial charge in [0.2, 0.25) is 0 Å². The van der Waals surface area contributed by atoms with Gasteiger partial charge >= 0.3 is 6.03 Å². The summed E-state index contributed by atoms with van der Waals surface area (Å²) in [4.78, 5) is 18.8. The van der Waals surface area contributed by atoms with Crippen molar-refractivity contribution < 1.29 is 13.6 Å². The van der Waals surface area contributed by atoms with Crippen LogP contribution in [-0.4, -0.2) is 42.2 Å². The maximum absolute atomic E-state index is 14.4. The van der Waals surface area contributed by atoms with Gasteiger partial charge < -0.3 is 10.6 Å². The predicted octanol–water partition coefficient (Wildman–Crippen LogP) is 3.55. The molecule has 2 amide bonds. The van der Waals surface area contributed by atoms with Crippen molar-refractivity contribution in [2.75, 3.05) is 11.4 Å². The van der Waals surface area contributed by atoms with Crippen LogP contribution in [0.25, 0.3) is 0 Å². The first-order chi connectivity index (χ1) is 13.0. The van der Waals surface area contributed by atoms with Crippen LogP contribution in [0.1, 0.15) is 45.4 Å². The molecule has 1 saturated heterocycles. The van der Waals surface area contributed by atoms with Crippen molar-refractivity contribution in [3.8, 4) is 0 Å². The third-order valence-corrected chi connectivity index (χ3v) is 6.01. The molecular weight excluding hydrogens is 350 g/mol. The number of amides is 2. The molecule has 0 aromatic heterocycles. The van der Waals surface area contributed by atoms with Gasteiger partial charge in [-0.05, 0) is 57.4 Å². The number of anilines is 1. The minimum absolute atomic E-state index is 0.167. The van der Waals surface area contributed by atoms with Crippen molar-refractivity contribution in [2.45, 2.75) is 69.2 Å². The number of hydrogen-bond donors (Lipinski definition) is 2. The van der Waals surface area contributed by atoms with Crippen LogP contribution in [0.5, 0.6) is 0 Å². The number of benzene rings is 1. The van der Waals surface area contributed by atoms with E-state index >= 15 is 0 Å². The van der Waals surface area contributed by atoms with Crippen LogP contribution >= 0.6 is 0 Å². The summed E-state index contributed by atoms with van der Waals surface area (Å²) in [6.45, 7) is 2.77. The Hall–Kier alpha value is -2.02. The van der Waals surface area contributed by atoms with Crippen molar-refractivity contribution >= 4 is 17.6 Å². The molecule has 5 nitrogen and oxygen atoms in total. The van der Waals surface area contributed by atoms with Crippen LogP contribution < -0.4 is 15.5 Å². The first-order valence-corrected chi connectivity index (χ1v) is 9.82. The molecule has 0 radical (unpaired) electrons. The summed E-state index contributed by atoms with van der Waals surface area (Å²) in [7, 11) is 0. The number of amidine groups is 1. The van der Waals surface area contributed by atoms with Crippen LogP contribution in [0.3, 0.4) is 0 Å². The number of alkyl halides is 1. The second-order valence-corrected chi connectivity index (χ2v) is 7.95. The second-order valence-electron chi connectivity index (χ2n) is 7.95. The Balaban J connectivity index is 1.70. The summed E-state index contributed by atoms with van der Waals surface area (Å²) in [6, 6.07) is 5.48. The zero-order valence-corrected chi connectivity index (χ0v) is 15.5. The fraction of sp³-hybridized carbons (Fsp3) is 0.600. The van der Waals surface area contributed by atoms with Crippen LogP contribution in [-0.2, 0) is 0 Å². The SMILES string of the molecule is C[C@H]1C[C@]2(CCN1)C(NC1CCCC[C@H]1F)=NC(=O)N2c1cccc(F)c1. The minimum atomic E-state index is -0.934. The van der Waals surface area contributed by atoms with Crippen molar-refractivity contribution in [3.63, 3.8) is 0 Å². The third kappa shape index (κ3) is 3.33. The standard InChI is InChI=1S/C20H26F2N4O/c1-13-12-20(9-10-23-13)18(24-17-8-3-2-7-16(17)22)25-19(27)26(20)15-6-4-5-14(21)11-15/h4-6,11,13,16-17,23H,2-3,7-10,12H2,1H3,(H,24,25,27)/t13-,16+,17?,20+/m0/s1. The summed E-state index contributed by atoms with van der Waals surface area (Å²) < 4.78 is 28.3. The summed E-state index contributed by atoms with van der Waals surface area (Å²) >= 11 is 0. The number of urea groups is 1. The molecular formula is C20H26F2N4O. The molecule has 1 saturated carbocycles. The molecule has 27 heavy (non-hydrogen) atoms. The molecule has 1 aromatic rings. The highest BCUT2D eigenvalue weighted by Gasteiger charge is 2.53. The van der Waals surface area contributed by atoms with E-state index in [9.17, 15) is 13.6 Å². The highest BCUT2D eigenvalue weighted by Crippen LogP contribution is 2.39. The Morgan fingerprint density at radius 1 is 1.33 bits per heavy atom. The molecule has 2 heterocycles. The predicted molar refractivity (Wildman–Crippen MR) is 101 cm³/mol. The van der Waals surface area contributed by atoms with Gasteiger partial charge in [-0.2, -0.15) is 4.99 Å². The van der Waals surface area contributed by atoms with Gasteiger partial charge in [0.15, 0.2) is 0 Å². The fourth-order valence-corrected chi connectivity index (χ4v) is 4.73. The number of rotatable bonds is 2. The average molecular weight is 376 g/mol. The van der Waals surface area contributed by atoms with Gasteiger partial charge in [-0.1, -0.05) is 18.9 Å². The van der Waals surface area contributed by atoms with E-state index in [1.165, 1.54) is 12.1 Å². The van der Waals surface area contributed by atoms with Crippen LogP contribution in [0.2, 0.25) is 0 Å². The third-order valence-electron chi connectivity index (χ3n) is 6.01. The number of nitrogens with one attached hydrogen (secondary N) is 2. The number of halogens is 2.